The second-order valence-electron chi connectivity index (χ2n) is 6.46. The molecule has 1 aromatic heterocycles. The Kier molecular flexibility index (Phi) is 4.22. The van der Waals surface area contributed by atoms with Crippen LogP contribution >= 0.6 is 0 Å². The topological polar surface area (TPSA) is 63.6 Å². The molecule has 130 valence electrons. The standard InChI is InChI=1S/C21H19N3O2/c1-13-5-6-15(10-14(13)2)21-24-18-11-17(7-8-19(18)26-21)23-20(25)16-4-3-9-22-12-16/h3-12,19,21H,1-2H3,(H,23,25)/t19-,21+/m1/s1. The lowest BCUT2D eigenvalue weighted by molar-refractivity contribution is 0.0732. The molecule has 1 aliphatic carbocycles. The Bertz CT molecular complexity index is 945. The highest BCUT2D eigenvalue weighted by molar-refractivity contribution is 6.04. The molecule has 1 aliphatic heterocycles. The van der Waals surface area contributed by atoms with E-state index in [0.717, 1.165) is 11.3 Å². The van der Waals surface area contributed by atoms with Crippen LogP contribution in [-0.2, 0) is 4.74 Å². The number of rotatable bonds is 3. The first-order valence-electron chi connectivity index (χ1n) is 8.52. The van der Waals surface area contributed by atoms with Crippen LogP contribution in [0, 0.1) is 13.8 Å². The minimum atomic E-state index is -0.316. The molecule has 2 heterocycles. The van der Waals surface area contributed by atoms with Gasteiger partial charge in [-0.3, -0.25) is 14.8 Å². The second kappa shape index (κ2) is 6.69. The number of pyridine rings is 1. The van der Waals surface area contributed by atoms with E-state index in [1.807, 2.05) is 24.3 Å². The van der Waals surface area contributed by atoms with E-state index in [0.29, 0.717) is 11.3 Å². The maximum Gasteiger partial charge on any atom is 0.257 e. The van der Waals surface area contributed by atoms with Gasteiger partial charge in [-0.1, -0.05) is 18.2 Å². The van der Waals surface area contributed by atoms with Crippen LogP contribution in [0.5, 0.6) is 0 Å². The van der Waals surface area contributed by atoms with Gasteiger partial charge in [0, 0.05) is 23.7 Å². The molecule has 0 saturated carbocycles. The number of amides is 1. The summed E-state index contributed by atoms with van der Waals surface area (Å²) in [6, 6.07) is 9.71. The summed E-state index contributed by atoms with van der Waals surface area (Å²) < 4.78 is 6.03. The number of fused-ring (bicyclic) bond motifs is 1. The van der Waals surface area contributed by atoms with E-state index in [1.165, 1.54) is 17.3 Å². The predicted molar refractivity (Wildman–Crippen MR) is 99.9 cm³/mol. The summed E-state index contributed by atoms with van der Waals surface area (Å²) in [4.78, 5) is 20.9. The van der Waals surface area contributed by atoms with Crippen molar-refractivity contribution in [3.8, 4) is 0 Å². The Hall–Kier alpha value is -3.05. The van der Waals surface area contributed by atoms with Crippen LogP contribution in [0.25, 0.3) is 0 Å². The Balaban J connectivity index is 1.52. The van der Waals surface area contributed by atoms with Crippen molar-refractivity contribution in [3.05, 3.63) is 88.9 Å². The van der Waals surface area contributed by atoms with Gasteiger partial charge in [0.25, 0.3) is 5.91 Å². The fourth-order valence-electron chi connectivity index (χ4n) is 2.96. The van der Waals surface area contributed by atoms with Gasteiger partial charge >= 0.3 is 0 Å². The summed E-state index contributed by atoms with van der Waals surface area (Å²) in [6.07, 6.45) is 8.30. The lowest BCUT2D eigenvalue weighted by atomic mass is 10.1. The maximum absolute atomic E-state index is 12.3. The molecule has 0 fully saturated rings. The highest BCUT2D eigenvalue weighted by Crippen LogP contribution is 2.31. The SMILES string of the molecule is Cc1ccc([C@H]2N=C3C=C(NC(=O)c4cccnc4)C=C[C@H]3O2)cc1C. The fraction of sp³-hybridized carbons (Fsp3) is 0.190. The van der Waals surface area contributed by atoms with Gasteiger partial charge in [0.15, 0.2) is 6.23 Å². The van der Waals surface area contributed by atoms with Crippen molar-refractivity contribution in [2.75, 3.05) is 0 Å². The van der Waals surface area contributed by atoms with Crippen molar-refractivity contribution in [1.29, 1.82) is 0 Å². The number of allylic oxidation sites excluding steroid dienone is 1. The molecule has 0 unspecified atom stereocenters. The molecule has 0 spiro atoms. The number of hydrogen-bond donors (Lipinski definition) is 1. The van der Waals surface area contributed by atoms with E-state index in [1.54, 1.807) is 18.3 Å². The minimum Gasteiger partial charge on any atom is -0.339 e. The van der Waals surface area contributed by atoms with Crippen molar-refractivity contribution in [2.45, 2.75) is 26.2 Å². The molecular weight excluding hydrogens is 326 g/mol. The van der Waals surface area contributed by atoms with E-state index < -0.39 is 0 Å². The highest BCUT2D eigenvalue weighted by Gasteiger charge is 2.29. The summed E-state index contributed by atoms with van der Waals surface area (Å²) >= 11 is 0. The average Bonchev–Trinajstić information content (AvgIpc) is 3.08. The largest absolute Gasteiger partial charge is 0.339 e. The number of nitrogens with zero attached hydrogens (tertiary/aromatic N) is 2. The third-order valence-electron chi connectivity index (χ3n) is 4.59. The van der Waals surface area contributed by atoms with Crippen molar-refractivity contribution in [3.63, 3.8) is 0 Å². The predicted octanol–water partition coefficient (Wildman–Crippen LogP) is 3.42. The fourth-order valence-corrected chi connectivity index (χ4v) is 2.96. The van der Waals surface area contributed by atoms with Crippen molar-refractivity contribution >= 4 is 11.6 Å². The molecule has 2 aromatic rings. The quantitative estimate of drug-likeness (QED) is 0.927. The summed E-state index contributed by atoms with van der Waals surface area (Å²) in [5.41, 5.74) is 5.53. The number of ether oxygens (including phenoxy) is 1. The lowest BCUT2D eigenvalue weighted by Crippen LogP contribution is -2.26. The molecule has 2 aliphatic rings. The summed E-state index contributed by atoms with van der Waals surface area (Å²) in [6.45, 7) is 4.17. The molecule has 5 nitrogen and oxygen atoms in total. The first-order chi connectivity index (χ1) is 12.6. The van der Waals surface area contributed by atoms with Crippen LogP contribution in [0.3, 0.4) is 0 Å². The zero-order valence-corrected chi connectivity index (χ0v) is 14.6. The normalized spacial score (nSPS) is 21.0. The Morgan fingerprint density at radius 2 is 2.08 bits per heavy atom. The van der Waals surface area contributed by atoms with Gasteiger partial charge in [0.2, 0.25) is 0 Å². The average molecular weight is 345 g/mol. The lowest BCUT2D eigenvalue weighted by Gasteiger charge is -2.15. The van der Waals surface area contributed by atoms with Gasteiger partial charge in [-0.05, 0) is 55.3 Å². The molecule has 26 heavy (non-hydrogen) atoms. The number of hydrogen-bond acceptors (Lipinski definition) is 4. The molecule has 0 radical (unpaired) electrons. The number of aromatic nitrogens is 1. The Morgan fingerprint density at radius 1 is 1.19 bits per heavy atom. The van der Waals surface area contributed by atoms with E-state index in [-0.39, 0.29) is 18.2 Å². The van der Waals surface area contributed by atoms with Gasteiger partial charge in [0.05, 0.1) is 11.3 Å². The van der Waals surface area contributed by atoms with Crippen LogP contribution in [0.4, 0.5) is 0 Å². The number of carbonyl (C=O) groups is 1. The van der Waals surface area contributed by atoms with Crippen LogP contribution in [0.2, 0.25) is 0 Å². The summed E-state index contributed by atoms with van der Waals surface area (Å²) in [7, 11) is 0. The molecule has 1 amide bonds. The van der Waals surface area contributed by atoms with Gasteiger partial charge in [0.1, 0.15) is 6.10 Å². The molecule has 0 bridgehead atoms. The smallest absolute Gasteiger partial charge is 0.257 e. The zero-order valence-electron chi connectivity index (χ0n) is 14.6. The van der Waals surface area contributed by atoms with Gasteiger partial charge in [-0.25, -0.2) is 0 Å². The Morgan fingerprint density at radius 3 is 2.85 bits per heavy atom. The van der Waals surface area contributed by atoms with E-state index in [9.17, 15) is 4.79 Å². The molecular formula is C21H19N3O2. The van der Waals surface area contributed by atoms with Crippen LogP contribution in [0.15, 0.2) is 71.6 Å². The van der Waals surface area contributed by atoms with Crippen molar-refractivity contribution < 1.29 is 9.53 Å². The monoisotopic (exact) mass is 345 g/mol. The zero-order chi connectivity index (χ0) is 18.1. The summed E-state index contributed by atoms with van der Waals surface area (Å²) in [5.74, 6) is -0.197. The van der Waals surface area contributed by atoms with Gasteiger partial charge in [-0.2, -0.15) is 0 Å². The van der Waals surface area contributed by atoms with Crippen LogP contribution in [0.1, 0.15) is 33.3 Å². The van der Waals surface area contributed by atoms with E-state index in [4.69, 9.17) is 4.74 Å². The molecule has 5 heteroatoms. The molecule has 1 aromatic carbocycles. The molecule has 2 atom stereocenters. The molecule has 4 rings (SSSR count). The van der Waals surface area contributed by atoms with Gasteiger partial charge < -0.3 is 10.1 Å². The van der Waals surface area contributed by atoms with E-state index in [2.05, 4.69) is 41.3 Å². The second-order valence-corrected chi connectivity index (χ2v) is 6.46. The maximum atomic E-state index is 12.3. The van der Waals surface area contributed by atoms with Crippen molar-refractivity contribution in [2.24, 2.45) is 4.99 Å². The minimum absolute atomic E-state index is 0.180. The first-order valence-corrected chi connectivity index (χ1v) is 8.52. The number of aryl methyl sites for hydroxylation is 2. The number of benzene rings is 1. The third kappa shape index (κ3) is 3.21. The van der Waals surface area contributed by atoms with Crippen LogP contribution < -0.4 is 5.32 Å². The van der Waals surface area contributed by atoms with Crippen LogP contribution in [-0.4, -0.2) is 22.7 Å². The third-order valence-corrected chi connectivity index (χ3v) is 4.59. The van der Waals surface area contributed by atoms with E-state index >= 15 is 0 Å². The Labute approximate surface area is 152 Å². The molecule has 0 saturated heterocycles. The first kappa shape index (κ1) is 16.4. The number of nitrogens with one attached hydrogen (secondary N) is 1. The number of carbonyl (C=O) groups excluding carboxylic acids is 1. The van der Waals surface area contributed by atoms with Crippen molar-refractivity contribution in [1.82, 2.24) is 10.3 Å². The summed E-state index contributed by atoms with van der Waals surface area (Å²) in [5, 5.41) is 2.88. The number of aliphatic imine (C=N–C) groups is 1. The van der Waals surface area contributed by atoms with Gasteiger partial charge in [-0.15, -0.1) is 0 Å². The molecule has 1 N–H and O–H groups in total. The highest BCUT2D eigenvalue weighted by atomic mass is 16.5.